The molecule has 0 radical (unpaired) electrons. The van der Waals surface area contributed by atoms with Gasteiger partial charge in [0.1, 0.15) is 6.04 Å². The quantitative estimate of drug-likeness (QED) is 0.337. The predicted octanol–water partition coefficient (Wildman–Crippen LogP) is 2.77. The number of carbonyl (C=O) groups excluding carboxylic acids is 1. The predicted molar refractivity (Wildman–Crippen MR) is 67.6 cm³/mol. The summed E-state index contributed by atoms with van der Waals surface area (Å²) in [6.07, 6.45) is 0. The van der Waals surface area contributed by atoms with Crippen LogP contribution in [0.5, 0.6) is 0 Å². The third kappa shape index (κ3) is 4.80. The third-order valence-electron chi connectivity index (χ3n) is 2.05. The van der Waals surface area contributed by atoms with E-state index in [1.165, 1.54) is 24.4 Å². The van der Waals surface area contributed by atoms with Crippen molar-refractivity contribution in [2.75, 3.05) is 12.9 Å². The molecule has 0 spiro atoms. The van der Waals surface area contributed by atoms with Gasteiger partial charge in [-0.1, -0.05) is 35.4 Å². The Balaban J connectivity index is 2.42. The van der Waals surface area contributed by atoms with E-state index >= 15 is 0 Å². The fourth-order valence-electron chi connectivity index (χ4n) is 1.21. The SMILES string of the molecule is COC(=O)[C@H](CSCc1ccccc1)N=[N+]=[N-]. The van der Waals surface area contributed by atoms with E-state index in [-0.39, 0.29) is 0 Å². The first-order chi connectivity index (χ1) is 8.27. The van der Waals surface area contributed by atoms with Gasteiger partial charge in [0.05, 0.1) is 7.11 Å². The lowest BCUT2D eigenvalue weighted by Gasteiger charge is -2.08. The molecule has 0 unspecified atom stereocenters. The van der Waals surface area contributed by atoms with E-state index in [9.17, 15) is 4.79 Å². The Morgan fingerprint density at radius 1 is 1.53 bits per heavy atom. The molecule has 0 aliphatic carbocycles. The van der Waals surface area contributed by atoms with Gasteiger partial charge >= 0.3 is 5.97 Å². The van der Waals surface area contributed by atoms with Crippen LogP contribution >= 0.6 is 11.8 Å². The van der Waals surface area contributed by atoms with Gasteiger partial charge in [0, 0.05) is 16.4 Å². The molecule has 0 aromatic heterocycles. The highest BCUT2D eigenvalue weighted by atomic mass is 32.2. The van der Waals surface area contributed by atoms with Crippen LogP contribution in [0.3, 0.4) is 0 Å². The number of thioether (sulfide) groups is 1. The molecular weight excluding hydrogens is 238 g/mol. The lowest BCUT2D eigenvalue weighted by Crippen LogP contribution is -2.22. The standard InChI is InChI=1S/C11H13N3O2S/c1-16-11(15)10(13-14-12)8-17-7-9-5-3-2-4-6-9/h2-6,10H,7-8H2,1H3/t10-/m0/s1. The Kier molecular flexibility index (Phi) is 5.99. The topological polar surface area (TPSA) is 75.1 Å². The van der Waals surface area contributed by atoms with E-state index in [2.05, 4.69) is 14.8 Å². The maximum Gasteiger partial charge on any atom is 0.315 e. The molecule has 1 atom stereocenters. The molecule has 0 amide bonds. The van der Waals surface area contributed by atoms with Crippen LogP contribution in [0.15, 0.2) is 35.4 Å². The average Bonchev–Trinajstić information content (AvgIpc) is 2.38. The Bertz CT molecular complexity index is 404. The molecule has 0 aliphatic heterocycles. The number of carbonyl (C=O) groups is 1. The highest BCUT2D eigenvalue weighted by molar-refractivity contribution is 7.98. The Hall–Kier alpha value is -1.65. The smallest absolute Gasteiger partial charge is 0.315 e. The summed E-state index contributed by atoms with van der Waals surface area (Å²) in [5.74, 6) is 0.698. The number of methoxy groups -OCH3 is 1. The van der Waals surface area contributed by atoms with Crippen LogP contribution in [0.25, 0.3) is 10.4 Å². The van der Waals surface area contributed by atoms with Gasteiger partial charge in [-0.05, 0) is 11.1 Å². The van der Waals surface area contributed by atoms with Crippen LogP contribution in [0.4, 0.5) is 0 Å². The molecule has 0 fully saturated rings. The van der Waals surface area contributed by atoms with Crippen molar-refractivity contribution in [3.05, 3.63) is 46.3 Å². The molecule has 1 aromatic carbocycles. The van der Waals surface area contributed by atoms with E-state index in [0.717, 1.165) is 5.75 Å². The van der Waals surface area contributed by atoms with Gasteiger partial charge in [0.2, 0.25) is 0 Å². The first-order valence-corrected chi connectivity index (χ1v) is 6.17. The van der Waals surface area contributed by atoms with E-state index < -0.39 is 12.0 Å². The van der Waals surface area contributed by atoms with Crippen LogP contribution in [0, 0.1) is 0 Å². The molecule has 1 aromatic rings. The summed E-state index contributed by atoms with van der Waals surface area (Å²) in [6, 6.07) is 9.13. The number of nitrogens with zero attached hydrogens (tertiary/aromatic N) is 3. The van der Waals surface area contributed by atoms with Crippen LogP contribution in [-0.4, -0.2) is 24.9 Å². The fourth-order valence-corrected chi connectivity index (χ4v) is 2.18. The van der Waals surface area contributed by atoms with Crippen molar-refractivity contribution in [3.63, 3.8) is 0 Å². The van der Waals surface area contributed by atoms with Gasteiger partial charge < -0.3 is 4.74 Å². The Morgan fingerprint density at radius 2 is 2.24 bits per heavy atom. The molecule has 5 nitrogen and oxygen atoms in total. The van der Waals surface area contributed by atoms with Gasteiger partial charge in [0.15, 0.2) is 0 Å². The molecule has 0 heterocycles. The number of rotatable bonds is 6. The van der Waals surface area contributed by atoms with Gasteiger partial charge in [0.25, 0.3) is 0 Å². The summed E-state index contributed by atoms with van der Waals surface area (Å²) in [7, 11) is 1.28. The lowest BCUT2D eigenvalue weighted by atomic mass is 10.2. The fraction of sp³-hybridized carbons (Fsp3) is 0.364. The number of ether oxygens (including phenoxy) is 1. The van der Waals surface area contributed by atoms with Crippen LogP contribution < -0.4 is 0 Å². The summed E-state index contributed by atoms with van der Waals surface area (Å²) < 4.78 is 4.55. The molecule has 17 heavy (non-hydrogen) atoms. The molecule has 0 bridgehead atoms. The zero-order valence-corrected chi connectivity index (χ0v) is 10.3. The first kappa shape index (κ1) is 13.4. The van der Waals surface area contributed by atoms with Crippen molar-refractivity contribution in [2.24, 2.45) is 5.11 Å². The monoisotopic (exact) mass is 251 g/mol. The van der Waals surface area contributed by atoms with Gasteiger partial charge in [-0.3, -0.25) is 4.79 Å². The number of azide groups is 1. The van der Waals surface area contributed by atoms with Crippen molar-refractivity contribution < 1.29 is 9.53 Å². The van der Waals surface area contributed by atoms with Crippen LogP contribution in [0.1, 0.15) is 5.56 Å². The summed E-state index contributed by atoms with van der Waals surface area (Å²) in [4.78, 5) is 13.9. The summed E-state index contributed by atoms with van der Waals surface area (Å²) >= 11 is 1.53. The molecule has 6 heteroatoms. The minimum absolute atomic E-state index is 0.422. The average molecular weight is 251 g/mol. The Labute approximate surface area is 104 Å². The molecule has 1 rings (SSSR count). The normalized spacial score (nSPS) is 11.4. The lowest BCUT2D eigenvalue weighted by molar-refractivity contribution is -0.141. The van der Waals surface area contributed by atoms with Crippen LogP contribution in [0.2, 0.25) is 0 Å². The summed E-state index contributed by atoms with van der Waals surface area (Å²) in [5.41, 5.74) is 9.51. The largest absolute Gasteiger partial charge is 0.469 e. The zero-order valence-electron chi connectivity index (χ0n) is 9.44. The second-order valence-corrected chi connectivity index (χ2v) is 4.27. The molecule has 0 saturated carbocycles. The Morgan fingerprint density at radius 3 is 2.82 bits per heavy atom. The second kappa shape index (κ2) is 7.60. The number of hydrogen-bond donors (Lipinski definition) is 0. The number of benzene rings is 1. The molecule has 0 N–H and O–H groups in total. The molecule has 0 aliphatic rings. The first-order valence-electron chi connectivity index (χ1n) is 5.01. The van der Waals surface area contributed by atoms with Crippen LogP contribution in [-0.2, 0) is 15.3 Å². The van der Waals surface area contributed by atoms with Gasteiger partial charge in [-0.2, -0.15) is 11.8 Å². The van der Waals surface area contributed by atoms with E-state index in [1.54, 1.807) is 0 Å². The minimum atomic E-state index is -0.751. The van der Waals surface area contributed by atoms with Crippen molar-refractivity contribution in [1.82, 2.24) is 0 Å². The molecule has 90 valence electrons. The molecule has 0 saturated heterocycles. The van der Waals surface area contributed by atoms with Crippen molar-refractivity contribution in [1.29, 1.82) is 0 Å². The summed E-state index contributed by atoms with van der Waals surface area (Å²) in [6.45, 7) is 0. The minimum Gasteiger partial charge on any atom is -0.469 e. The highest BCUT2D eigenvalue weighted by Gasteiger charge is 2.16. The van der Waals surface area contributed by atoms with Gasteiger partial charge in [-0.25, -0.2) is 0 Å². The number of hydrogen-bond acceptors (Lipinski definition) is 4. The molecular formula is C11H13N3O2S. The highest BCUT2D eigenvalue weighted by Crippen LogP contribution is 2.14. The van der Waals surface area contributed by atoms with Crippen molar-refractivity contribution in [3.8, 4) is 0 Å². The second-order valence-electron chi connectivity index (χ2n) is 3.24. The van der Waals surface area contributed by atoms with E-state index in [4.69, 9.17) is 5.53 Å². The summed E-state index contributed by atoms with van der Waals surface area (Å²) in [5, 5.41) is 3.41. The zero-order chi connectivity index (χ0) is 12.5. The third-order valence-corrected chi connectivity index (χ3v) is 3.14. The maximum absolute atomic E-state index is 11.2. The number of esters is 1. The van der Waals surface area contributed by atoms with E-state index in [1.807, 2.05) is 30.3 Å². The van der Waals surface area contributed by atoms with Crippen molar-refractivity contribution in [2.45, 2.75) is 11.8 Å². The maximum atomic E-state index is 11.2. The van der Waals surface area contributed by atoms with E-state index in [0.29, 0.717) is 5.75 Å². The van der Waals surface area contributed by atoms with Gasteiger partial charge in [-0.15, -0.1) is 0 Å². The van der Waals surface area contributed by atoms with Crippen molar-refractivity contribution >= 4 is 17.7 Å².